The molecular weight excluding hydrogens is 502 g/mol. The molecule has 4 aromatic carbocycles. The molecule has 0 bridgehead atoms. The van der Waals surface area contributed by atoms with Crippen LogP contribution in [0.5, 0.6) is 0 Å². The van der Waals surface area contributed by atoms with Gasteiger partial charge >= 0.3 is 0 Å². The minimum Gasteiger partial charge on any atom is -0.332 e. The largest absolute Gasteiger partial charge is 0.332 e. The molecule has 0 saturated carbocycles. The molecule has 6 aromatic rings. The van der Waals surface area contributed by atoms with Crippen LogP contribution in [0.1, 0.15) is 11.5 Å². The fourth-order valence-corrected chi connectivity index (χ4v) is 6.27. The second-order valence-corrected chi connectivity index (χ2v) is 10.2. The Labute approximate surface area is 230 Å². The average molecular weight is 524 g/mol. The Balaban J connectivity index is 1.49. The maximum atomic E-state index is 6.56. The number of anilines is 2. The van der Waals surface area contributed by atoms with E-state index < -0.39 is 0 Å². The number of benzene rings is 4. The van der Waals surface area contributed by atoms with Gasteiger partial charge in [0.1, 0.15) is 0 Å². The zero-order chi connectivity index (χ0) is 25.9. The van der Waals surface area contributed by atoms with Crippen LogP contribution in [0.2, 0.25) is 5.28 Å². The van der Waals surface area contributed by atoms with Crippen molar-refractivity contribution in [3.63, 3.8) is 0 Å². The second-order valence-electron chi connectivity index (χ2n) is 9.84. The number of nitrogens with zero attached hydrogens (tertiary/aromatic N) is 5. The van der Waals surface area contributed by atoms with Gasteiger partial charge in [-0.15, -0.1) is 0 Å². The third-order valence-electron chi connectivity index (χ3n) is 7.71. The van der Waals surface area contributed by atoms with E-state index in [9.17, 15) is 0 Å². The summed E-state index contributed by atoms with van der Waals surface area (Å²) in [7, 11) is 0. The summed E-state index contributed by atoms with van der Waals surface area (Å²) in [6.45, 7) is 0. The summed E-state index contributed by atoms with van der Waals surface area (Å²) < 4.78 is 2.16. The molecule has 1 aliphatic carbocycles. The van der Waals surface area contributed by atoms with E-state index in [0.717, 1.165) is 33.1 Å². The zero-order valence-corrected chi connectivity index (χ0v) is 21.6. The van der Waals surface area contributed by atoms with Crippen molar-refractivity contribution in [2.75, 3.05) is 4.90 Å². The molecule has 2 unspecified atom stereocenters. The first-order chi connectivity index (χ1) is 19.3. The molecular formula is C33H22ClN5. The fourth-order valence-electron chi connectivity index (χ4n) is 6.11. The Bertz CT molecular complexity index is 1940. The van der Waals surface area contributed by atoms with Crippen LogP contribution in [0.25, 0.3) is 39.1 Å². The van der Waals surface area contributed by atoms with Crippen LogP contribution in [0.3, 0.4) is 0 Å². The monoisotopic (exact) mass is 523 g/mol. The van der Waals surface area contributed by atoms with Crippen molar-refractivity contribution in [1.29, 1.82) is 0 Å². The minimum absolute atomic E-state index is 0.164. The van der Waals surface area contributed by atoms with E-state index >= 15 is 0 Å². The average Bonchev–Trinajstić information content (AvgIpc) is 3.51. The number of fused-ring (bicyclic) bond motifs is 7. The van der Waals surface area contributed by atoms with Crippen LogP contribution in [-0.2, 0) is 0 Å². The first kappa shape index (κ1) is 22.3. The highest BCUT2D eigenvalue weighted by Crippen LogP contribution is 2.52. The molecule has 3 heterocycles. The minimum atomic E-state index is 0.164. The van der Waals surface area contributed by atoms with Crippen LogP contribution in [0, 0.1) is 0 Å². The lowest BCUT2D eigenvalue weighted by atomic mass is 9.91. The van der Waals surface area contributed by atoms with Crippen molar-refractivity contribution in [1.82, 2.24) is 19.5 Å². The summed E-state index contributed by atoms with van der Waals surface area (Å²) in [5, 5.41) is 2.45. The van der Waals surface area contributed by atoms with E-state index in [1.807, 2.05) is 30.3 Å². The van der Waals surface area contributed by atoms with Gasteiger partial charge in [0.25, 0.3) is 0 Å². The van der Waals surface area contributed by atoms with E-state index in [0.29, 0.717) is 11.8 Å². The molecule has 2 aromatic heterocycles. The van der Waals surface area contributed by atoms with Crippen LogP contribution in [-0.4, -0.2) is 25.6 Å². The Morgan fingerprint density at radius 3 is 2.26 bits per heavy atom. The molecule has 39 heavy (non-hydrogen) atoms. The molecule has 2 atom stereocenters. The fraction of sp³-hybridized carbons (Fsp3) is 0.0606. The lowest BCUT2D eigenvalue weighted by Gasteiger charge is -2.29. The number of hydrogen-bond donors (Lipinski definition) is 0. The summed E-state index contributed by atoms with van der Waals surface area (Å²) in [6, 6.07) is 33.6. The van der Waals surface area contributed by atoms with E-state index in [4.69, 9.17) is 16.6 Å². The number of aromatic nitrogens is 4. The van der Waals surface area contributed by atoms with Crippen LogP contribution >= 0.6 is 11.6 Å². The van der Waals surface area contributed by atoms with Crippen molar-refractivity contribution in [2.24, 2.45) is 0 Å². The molecule has 0 N–H and O–H groups in total. The maximum absolute atomic E-state index is 6.56. The van der Waals surface area contributed by atoms with Gasteiger partial charge in [0.15, 0.2) is 5.82 Å². The zero-order valence-electron chi connectivity index (χ0n) is 20.8. The number of rotatable bonds is 3. The highest BCUT2D eigenvalue weighted by Gasteiger charge is 2.40. The van der Waals surface area contributed by atoms with E-state index in [2.05, 4.69) is 110 Å². The number of halogens is 1. The molecule has 0 amide bonds. The standard InChI is InChI=1S/C33H22ClN5/c34-32-35-31(21-11-3-1-4-12-21)36-33(37-32)39-28-18-10-8-16-24(28)26-20-19-25-23-15-7-9-17-27(23)38(29(25)30(26)39)22-13-5-2-6-14-22/h1-20,23,27H. The van der Waals surface area contributed by atoms with Gasteiger partial charge < -0.3 is 4.90 Å². The Morgan fingerprint density at radius 1 is 0.667 bits per heavy atom. The highest BCUT2D eigenvalue weighted by molar-refractivity contribution is 6.28. The van der Waals surface area contributed by atoms with Crippen molar-refractivity contribution < 1.29 is 0 Å². The van der Waals surface area contributed by atoms with E-state index in [-0.39, 0.29) is 17.2 Å². The predicted molar refractivity (Wildman–Crippen MR) is 158 cm³/mol. The molecule has 8 rings (SSSR count). The van der Waals surface area contributed by atoms with Gasteiger partial charge in [-0.2, -0.15) is 15.0 Å². The van der Waals surface area contributed by atoms with Gasteiger partial charge in [-0.05, 0) is 35.4 Å². The van der Waals surface area contributed by atoms with Crippen molar-refractivity contribution in [3.05, 3.63) is 132 Å². The molecule has 0 spiro atoms. The van der Waals surface area contributed by atoms with Crippen molar-refractivity contribution in [3.8, 4) is 17.3 Å². The number of para-hydroxylation sites is 2. The molecule has 0 saturated heterocycles. The lowest BCUT2D eigenvalue weighted by molar-refractivity contribution is 0.745. The quantitative estimate of drug-likeness (QED) is 0.235. The lowest BCUT2D eigenvalue weighted by Crippen LogP contribution is -2.28. The van der Waals surface area contributed by atoms with Crippen LogP contribution < -0.4 is 4.90 Å². The molecule has 2 aliphatic rings. The topological polar surface area (TPSA) is 46.8 Å². The SMILES string of the molecule is Clc1nc(-c2ccccc2)nc(-n2c3ccccc3c3ccc4c(c32)N(c2ccccc2)C2C=CC=CC42)n1. The third kappa shape index (κ3) is 3.37. The highest BCUT2D eigenvalue weighted by atomic mass is 35.5. The first-order valence-corrected chi connectivity index (χ1v) is 13.4. The van der Waals surface area contributed by atoms with Gasteiger partial charge in [-0.1, -0.05) is 103 Å². The van der Waals surface area contributed by atoms with Crippen LogP contribution in [0.4, 0.5) is 11.4 Å². The molecule has 0 fully saturated rings. The summed E-state index contributed by atoms with van der Waals surface area (Å²) in [5.74, 6) is 1.29. The van der Waals surface area contributed by atoms with Crippen molar-refractivity contribution in [2.45, 2.75) is 12.0 Å². The maximum Gasteiger partial charge on any atom is 0.239 e. The Morgan fingerprint density at radius 2 is 1.41 bits per heavy atom. The van der Waals surface area contributed by atoms with E-state index in [1.165, 1.54) is 11.3 Å². The number of allylic oxidation sites excluding steroid dienone is 2. The summed E-state index contributed by atoms with van der Waals surface area (Å²) in [5.41, 5.74) is 6.57. The second kappa shape index (κ2) is 8.65. The smallest absolute Gasteiger partial charge is 0.239 e. The number of hydrogen-bond acceptors (Lipinski definition) is 4. The molecule has 0 radical (unpaired) electrons. The molecule has 1 aliphatic heterocycles. The predicted octanol–water partition coefficient (Wildman–Crippen LogP) is 8.02. The summed E-state index contributed by atoms with van der Waals surface area (Å²) >= 11 is 6.56. The summed E-state index contributed by atoms with van der Waals surface area (Å²) in [6.07, 6.45) is 8.90. The van der Waals surface area contributed by atoms with Gasteiger partial charge in [0.05, 0.1) is 22.8 Å². The third-order valence-corrected chi connectivity index (χ3v) is 7.88. The first-order valence-electron chi connectivity index (χ1n) is 13.0. The normalized spacial score (nSPS) is 17.6. The Hall–Kier alpha value is -4.74. The van der Waals surface area contributed by atoms with Gasteiger partial charge in [-0.3, -0.25) is 4.57 Å². The molecule has 5 nitrogen and oxygen atoms in total. The van der Waals surface area contributed by atoms with Gasteiger partial charge in [-0.25, -0.2) is 0 Å². The van der Waals surface area contributed by atoms with Gasteiger partial charge in [0.2, 0.25) is 11.2 Å². The Kier molecular flexibility index (Phi) is 4.94. The van der Waals surface area contributed by atoms with E-state index in [1.54, 1.807) is 0 Å². The molecule has 6 heteroatoms. The van der Waals surface area contributed by atoms with Gasteiger partial charge in [0, 0.05) is 27.9 Å². The van der Waals surface area contributed by atoms with Crippen LogP contribution in [0.15, 0.2) is 121 Å². The molecule has 186 valence electrons. The summed E-state index contributed by atoms with van der Waals surface area (Å²) in [4.78, 5) is 16.6. The van der Waals surface area contributed by atoms with Crippen molar-refractivity contribution >= 4 is 44.8 Å².